The smallest absolute Gasteiger partial charge is 0.114 e. The molecule has 0 saturated heterocycles. The van der Waals surface area contributed by atoms with Crippen molar-refractivity contribution in [2.24, 2.45) is 5.92 Å². The van der Waals surface area contributed by atoms with Crippen LogP contribution in [-0.2, 0) is 29.7 Å². The highest BCUT2D eigenvalue weighted by Gasteiger charge is 2.27. The molecule has 0 amide bonds. The van der Waals surface area contributed by atoms with E-state index in [4.69, 9.17) is 9.72 Å². The molecule has 0 aromatic carbocycles. The lowest BCUT2D eigenvalue weighted by Gasteiger charge is -2.22. The Bertz CT molecular complexity index is 469. The average Bonchev–Trinajstić information content (AvgIpc) is 3.14. The molecule has 1 aliphatic heterocycles. The Balaban J connectivity index is 1.73. The first-order chi connectivity index (χ1) is 9.55. The van der Waals surface area contributed by atoms with Crippen molar-refractivity contribution < 1.29 is 4.74 Å². The van der Waals surface area contributed by atoms with Crippen LogP contribution < -0.4 is 5.32 Å². The number of hydrogen-bond acceptors (Lipinski definition) is 3. The normalized spacial score (nSPS) is 19.1. The predicted molar refractivity (Wildman–Crippen MR) is 79.9 cm³/mol. The monoisotopic (exact) mass is 277 g/mol. The number of rotatable bonds is 5. The van der Waals surface area contributed by atoms with Crippen LogP contribution in [0.1, 0.15) is 50.8 Å². The second-order valence-electron chi connectivity index (χ2n) is 7.18. The number of aromatic nitrogens is 2. The lowest BCUT2D eigenvalue weighted by atomic mass is 9.95. The Morgan fingerprint density at radius 1 is 1.35 bits per heavy atom. The van der Waals surface area contributed by atoms with E-state index in [-0.39, 0.29) is 5.41 Å². The van der Waals surface area contributed by atoms with Crippen LogP contribution >= 0.6 is 0 Å². The summed E-state index contributed by atoms with van der Waals surface area (Å²) in [6, 6.07) is 0. The van der Waals surface area contributed by atoms with Gasteiger partial charge in [-0.1, -0.05) is 20.8 Å². The molecule has 112 valence electrons. The molecular weight excluding hydrogens is 250 g/mol. The lowest BCUT2D eigenvalue weighted by molar-refractivity contribution is 0.115. The molecule has 1 aliphatic carbocycles. The first-order valence-corrected chi connectivity index (χ1v) is 7.93. The summed E-state index contributed by atoms with van der Waals surface area (Å²) in [5, 5.41) is 3.42. The molecule has 4 heteroatoms. The van der Waals surface area contributed by atoms with E-state index in [1.165, 1.54) is 30.1 Å². The second-order valence-corrected chi connectivity index (χ2v) is 7.18. The summed E-state index contributed by atoms with van der Waals surface area (Å²) in [7, 11) is 0. The number of ether oxygens (including phenoxy) is 1. The minimum absolute atomic E-state index is 0.0911. The molecule has 0 atom stereocenters. The molecule has 1 fully saturated rings. The van der Waals surface area contributed by atoms with Crippen molar-refractivity contribution in [1.29, 1.82) is 0 Å². The summed E-state index contributed by atoms with van der Waals surface area (Å²) in [5.74, 6) is 2.05. The topological polar surface area (TPSA) is 39.1 Å². The Hall–Kier alpha value is -0.870. The number of imidazole rings is 1. The van der Waals surface area contributed by atoms with Gasteiger partial charge in [-0.15, -0.1) is 0 Å². The fourth-order valence-electron chi connectivity index (χ4n) is 2.87. The van der Waals surface area contributed by atoms with Crippen molar-refractivity contribution in [3.63, 3.8) is 0 Å². The van der Waals surface area contributed by atoms with Crippen molar-refractivity contribution in [3.05, 3.63) is 17.2 Å². The maximum atomic E-state index is 5.83. The largest absolute Gasteiger partial charge is 0.379 e. The summed E-state index contributed by atoms with van der Waals surface area (Å²) in [6.45, 7) is 11.4. The summed E-state index contributed by atoms with van der Waals surface area (Å²) in [6.07, 6.45) is 3.81. The first kappa shape index (κ1) is 14.1. The first-order valence-electron chi connectivity index (χ1n) is 7.93. The molecule has 2 heterocycles. The Morgan fingerprint density at radius 2 is 2.15 bits per heavy atom. The average molecular weight is 277 g/mol. The van der Waals surface area contributed by atoms with Crippen LogP contribution in [0.2, 0.25) is 0 Å². The van der Waals surface area contributed by atoms with Gasteiger partial charge in [-0.3, -0.25) is 0 Å². The summed E-state index contributed by atoms with van der Waals surface area (Å²) in [5.41, 5.74) is 2.75. The van der Waals surface area contributed by atoms with Crippen LogP contribution in [0.4, 0.5) is 0 Å². The van der Waals surface area contributed by atoms with Crippen molar-refractivity contribution in [2.75, 3.05) is 19.8 Å². The highest BCUT2D eigenvalue weighted by atomic mass is 16.5. The minimum atomic E-state index is 0.0911. The third-order valence-corrected chi connectivity index (χ3v) is 4.17. The number of nitrogens with one attached hydrogen (secondary N) is 1. The second kappa shape index (κ2) is 5.49. The quantitative estimate of drug-likeness (QED) is 0.839. The van der Waals surface area contributed by atoms with Gasteiger partial charge in [0.25, 0.3) is 0 Å². The highest BCUT2D eigenvalue weighted by molar-refractivity contribution is 5.23. The Kier molecular flexibility index (Phi) is 3.87. The zero-order valence-corrected chi connectivity index (χ0v) is 13.0. The molecule has 0 unspecified atom stereocenters. The van der Waals surface area contributed by atoms with Crippen LogP contribution in [0, 0.1) is 5.92 Å². The molecule has 2 aliphatic rings. The molecule has 0 spiro atoms. The van der Waals surface area contributed by atoms with Gasteiger partial charge in [0.15, 0.2) is 0 Å². The van der Waals surface area contributed by atoms with Crippen molar-refractivity contribution in [1.82, 2.24) is 14.9 Å². The predicted octanol–water partition coefficient (Wildman–Crippen LogP) is 2.25. The van der Waals surface area contributed by atoms with Gasteiger partial charge in [-0.25, -0.2) is 4.98 Å². The zero-order valence-electron chi connectivity index (χ0n) is 13.0. The lowest BCUT2D eigenvalue weighted by Crippen LogP contribution is -2.26. The number of hydrogen-bond donors (Lipinski definition) is 1. The van der Waals surface area contributed by atoms with Crippen LogP contribution in [0.3, 0.4) is 0 Å². The third-order valence-electron chi connectivity index (χ3n) is 4.17. The van der Waals surface area contributed by atoms with E-state index in [2.05, 4.69) is 30.7 Å². The molecule has 0 bridgehead atoms. The maximum Gasteiger partial charge on any atom is 0.114 e. The van der Waals surface area contributed by atoms with Gasteiger partial charge in [-0.2, -0.15) is 0 Å². The summed E-state index contributed by atoms with van der Waals surface area (Å²) in [4.78, 5) is 4.89. The van der Waals surface area contributed by atoms with Gasteiger partial charge in [0.2, 0.25) is 0 Å². The Morgan fingerprint density at radius 3 is 2.85 bits per heavy atom. The minimum Gasteiger partial charge on any atom is -0.379 e. The van der Waals surface area contributed by atoms with Crippen LogP contribution in [0.5, 0.6) is 0 Å². The van der Waals surface area contributed by atoms with Gasteiger partial charge in [0.1, 0.15) is 5.82 Å². The number of fused-ring (bicyclic) bond motifs is 1. The molecule has 4 nitrogen and oxygen atoms in total. The van der Waals surface area contributed by atoms with E-state index in [9.17, 15) is 0 Å². The standard InChI is InChI=1S/C16H27N3O/c1-16(2,3)15-18-13-10-17-7-6-14(13)19(15)8-9-20-11-12-4-5-12/h12,17H,4-11H2,1-3H3. The molecular formula is C16H27N3O. The SMILES string of the molecule is CC(C)(C)c1nc2c(n1CCOCC1CC1)CCNC2. The molecule has 3 rings (SSSR count). The van der Waals surface area contributed by atoms with Gasteiger partial charge in [-0.05, 0) is 18.8 Å². The van der Waals surface area contributed by atoms with E-state index in [1.807, 2.05) is 0 Å². The molecule has 1 saturated carbocycles. The fourth-order valence-corrected chi connectivity index (χ4v) is 2.87. The van der Waals surface area contributed by atoms with Crippen molar-refractivity contribution in [2.45, 2.75) is 58.5 Å². The van der Waals surface area contributed by atoms with E-state index >= 15 is 0 Å². The van der Waals surface area contributed by atoms with E-state index in [0.717, 1.165) is 45.2 Å². The van der Waals surface area contributed by atoms with Crippen molar-refractivity contribution >= 4 is 0 Å². The summed E-state index contributed by atoms with van der Waals surface area (Å²) >= 11 is 0. The van der Waals surface area contributed by atoms with Gasteiger partial charge < -0.3 is 14.6 Å². The van der Waals surface area contributed by atoms with Crippen LogP contribution in [-0.4, -0.2) is 29.3 Å². The molecule has 1 N–H and O–H groups in total. The highest BCUT2D eigenvalue weighted by Crippen LogP contribution is 2.29. The van der Waals surface area contributed by atoms with Gasteiger partial charge in [0, 0.05) is 43.8 Å². The third kappa shape index (κ3) is 3.07. The molecule has 20 heavy (non-hydrogen) atoms. The Labute approximate surface area is 121 Å². The summed E-state index contributed by atoms with van der Waals surface area (Å²) < 4.78 is 8.25. The van der Waals surface area contributed by atoms with Crippen LogP contribution in [0.25, 0.3) is 0 Å². The van der Waals surface area contributed by atoms with Gasteiger partial charge >= 0.3 is 0 Å². The van der Waals surface area contributed by atoms with E-state index in [0.29, 0.717) is 0 Å². The molecule has 1 aromatic rings. The van der Waals surface area contributed by atoms with Crippen molar-refractivity contribution in [3.8, 4) is 0 Å². The van der Waals surface area contributed by atoms with E-state index < -0.39 is 0 Å². The zero-order chi connectivity index (χ0) is 14.2. The van der Waals surface area contributed by atoms with Crippen LogP contribution in [0.15, 0.2) is 0 Å². The maximum absolute atomic E-state index is 5.83. The van der Waals surface area contributed by atoms with Gasteiger partial charge in [0.05, 0.1) is 12.3 Å². The number of nitrogens with zero attached hydrogens (tertiary/aromatic N) is 2. The van der Waals surface area contributed by atoms with E-state index in [1.54, 1.807) is 0 Å². The molecule has 1 aromatic heterocycles. The molecule has 0 radical (unpaired) electrons. The fraction of sp³-hybridized carbons (Fsp3) is 0.812.